The quantitative estimate of drug-likeness (QED) is 0.372. The summed E-state index contributed by atoms with van der Waals surface area (Å²) in [5, 5.41) is 2.87. The number of hydrogen-bond acceptors (Lipinski definition) is 3. The molecule has 0 aliphatic carbocycles. The molecule has 2 aromatic rings. The minimum absolute atomic E-state index is 0.246. The Morgan fingerprint density at radius 3 is 2.40 bits per heavy atom. The van der Waals surface area contributed by atoms with Gasteiger partial charge in [-0.1, -0.05) is 0 Å². The predicted octanol–water partition coefficient (Wildman–Crippen LogP) is 0.599. The molecule has 0 radical (unpaired) electrons. The van der Waals surface area contributed by atoms with Gasteiger partial charge < -0.3 is 21.0 Å². The number of aromatic amines is 2. The van der Waals surface area contributed by atoms with Crippen LogP contribution in [0.2, 0.25) is 0 Å². The number of aliphatic imine (C=N–C) groups is 1. The summed E-state index contributed by atoms with van der Waals surface area (Å²) in [5.41, 5.74) is 7.14. The van der Waals surface area contributed by atoms with Crippen LogP contribution in [0.15, 0.2) is 34.1 Å². The lowest BCUT2D eigenvalue weighted by Gasteiger charge is -2.05. The van der Waals surface area contributed by atoms with Gasteiger partial charge in [0.25, 0.3) is 0 Å². The molecule has 7 heteroatoms. The van der Waals surface area contributed by atoms with E-state index in [1.54, 1.807) is 38.2 Å². The van der Waals surface area contributed by atoms with Gasteiger partial charge in [0.2, 0.25) is 5.78 Å². The Labute approximate surface area is 114 Å². The summed E-state index contributed by atoms with van der Waals surface area (Å²) < 4.78 is 0. The number of hydrogen-bond donors (Lipinski definition) is 4. The molecular weight excluding hydrogens is 258 g/mol. The minimum atomic E-state index is -0.393. The molecule has 1 heterocycles. The van der Waals surface area contributed by atoms with Crippen LogP contribution in [0.5, 0.6) is 0 Å². The third-order valence-electron chi connectivity index (χ3n) is 2.80. The number of imidazole rings is 1. The Bertz CT molecular complexity index is 709. The van der Waals surface area contributed by atoms with Crippen molar-refractivity contribution in [3.05, 3.63) is 51.7 Å². The van der Waals surface area contributed by atoms with Gasteiger partial charge in [-0.2, -0.15) is 0 Å². The molecule has 2 rings (SSSR count). The number of nitrogens with one attached hydrogen (secondary N) is 3. The van der Waals surface area contributed by atoms with E-state index in [2.05, 4.69) is 20.3 Å². The first kappa shape index (κ1) is 13.6. The smallest absolute Gasteiger partial charge is 0.323 e. The van der Waals surface area contributed by atoms with Gasteiger partial charge in [-0.05, 0) is 31.2 Å². The summed E-state index contributed by atoms with van der Waals surface area (Å²) in [6, 6.07) is 6.73. The normalized spacial score (nSPS) is 11.4. The van der Waals surface area contributed by atoms with E-state index in [-0.39, 0.29) is 17.4 Å². The van der Waals surface area contributed by atoms with E-state index in [1.165, 1.54) is 0 Å². The number of carbonyl (C=O) groups is 1. The Hall–Kier alpha value is -2.83. The summed E-state index contributed by atoms with van der Waals surface area (Å²) in [6.07, 6.45) is 0. The van der Waals surface area contributed by atoms with Crippen molar-refractivity contribution in [2.24, 2.45) is 10.7 Å². The average Bonchev–Trinajstić information content (AvgIpc) is 2.77. The van der Waals surface area contributed by atoms with Crippen LogP contribution in [0.4, 0.5) is 5.69 Å². The lowest BCUT2D eigenvalue weighted by molar-refractivity contribution is 0.103. The van der Waals surface area contributed by atoms with Crippen molar-refractivity contribution in [3.8, 4) is 0 Å². The highest BCUT2D eigenvalue weighted by molar-refractivity contribution is 6.08. The zero-order chi connectivity index (χ0) is 14.7. The molecule has 0 aliphatic heterocycles. The number of ketones is 1. The third kappa shape index (κ3) is 2.77. The Morgan fingerprint density at radius 2 is 1.90 bits per heavy atom. The van der Waals surface area contributed by atoms with Crippen molar-refractivity contribution >= 4 is 17.4 Å². The molecule has 0 spiro atoms. The van der Waals surface area contributed by atoms with Crippen LogP contribution >= 0.6 is 0 Å². The van der Waals surface area contributed by atoms with Gasteiger partial charge in [0.1, 0.15) is 5.69 Å². The van der Waals surface area contributed by atoms with Crippen molar-refractivity contribution in [1.29, 1.82) is 0 Å². The third-order valence-corrected chi connectivity index (χ3v) is 2.80. The summed E-state index contributed by atoms with van der Waals surface area (Å²) in [5.74, 6) is 0.0411. The van der Waals surface area contributed by atoms with Crippen molar-refractivity contribution in [2.45, 2.75) is 6.92 Å². The Kier molecular flexibility index (Phi) is 3.69. The van der Waals surface area contributed by atoms with Crippen LogP contribution in [-0.4, -0.2) is 28.8 Å². The number of aromatic nitrogens is 2. The molecule has 104 valence electrons. The molecule has 0 bridgehead atoms. The van der Waals surface area contributed by atoms with Crippen LogP contribution in [-0.2, 0) is 0 Å². The molecule has 5 N–H and O–H groups in total. The summed E-state index contributed by atoms with van der Waals surface area (Å²) in [6.45, 7) is 1.67. The van der Waals surface area contributed by atoms with Crippen molar-refractivity contribution in [3.63, 3.8) is 0 Å². The lowest BCUT2D eigenvalue weighted by Crippen LogP contribution is -2.21. The highest BCUT2D eigenvalue weighted by Gasteiger charge is 2.14. The van der Waals surface area contributed by atoms with Crippen LogP contribution < -0.4 is 16.7 Å². The Morgan fingerprint density at radius 1 is 1.25 bits per heavy atom. The molecule has 0 saturated carbocycles. The number of nitrogens with two attached hydrogens (primary N) is 1. The monoisotopic (exact) mass is 273 g/mol. The van der Waals surface area contributed by atoms with E-state index in [4.69, 9.17) is 5.73 Å². The summed E-state index contributed by atoms with van der Waals surface area (Å²) in [7, 11) is 1.57. The standard InChI is InChI=1S/C13H15N5O2/c1-7-10(18-13(20)16-7)11(19)8-3-5-9(6-4-8)17-12(14)15-2/h3-6H,1-2H3,(H3,14,15,17)(H2,16,18,20). The van der Waals surface area contributed by atoms with Gasteiger partial charge in [-0.3, -0.25) is 9.79 Å². The topological polar surface area (TPSA) is 116 Å². The van der Waals surface area contributed by atoms with Crippen molar-refractivity contribution in [2.75, 3.05) is 12.4 Å². The molecule has 1 aromatic heterocycles. The van der Waals surface area contributed by atoms with Gasteiger partial charge in [-0.15, -0.1) is 0 Å². The van der Waals surface area contributed by atoms with E-state index in [0.717, 1.165) is 5.69 Å². The highest BCUT2D eigenvalue weighted by Crippen LogP contribution is 2.13. The molecule has 0 fully saturated rings. The fraction of sp³-hybridized carbons (Fsp3) is 0.154. The van der Waals surface area contributed by atoms with E-state index in [9.17, 15) is 9.59 Å². The van der Waals surface area contributed by atoms with Gasteiger partial charge in [0.05, 0.1) is 0 Å². The number of carbonyl (C=O) groups excluding carboxylic acids is 1. The number of nitrogens with zero attached hydrogens (tertiary/aromatic N) is 1. The van der Waals surface area contributed by atoms with E-state index < -0.39 is 5.69 Å². The zero-order valence-corrected chi connectivity index (χ0v) is 11.2. The fourth-order valence-electron chi connectivity index (χ4n) is 1.75. The molecule has 0 unspecified atom stereocenters. The van der Waals surface area contributed by atoms with Crippen LogP contribution in [0.1, 0.15) is 21.7 Å². The molecule has 0 amide bonds. The van der Waals surface area contributed by atoms with Crippen molar-refractivity contribution in [1.82, 2.24) is 9.97 Å². The van der Waals surface area contributed by atoms with Gasteiger partial charge in [0.15, 0.2) is 5.96 Å². The zero-order valence-electron chi connectivity index (χ0n) is 11.2. The molecule has 0 aliphatic rings. The molecule has 20 heavy (non-hydrogen) atoms. The summed E-state index contributed by atoms with van der Waals surface area (Å²) >= 11 is 0. The Balaban J connectivity index is 2.24. The maximum Gasteiger partial charge on any atom is 0.323 e. The van der Waals surface area contributed by atoms with E-state index in [1.807, 2.05) is 0 Å². The second kappa shape index (κ2) is 5.43. The van der Waals surface area contributed by atoms with Crippen LogP contribution in [0.25, 0.3) is 0 Å². The fourth-order valence-corrected chi connectivity index (χ4v) is 1.75. The maximum atomic E-state index is 12.2. The average molecular weight is 273 g/mol. The maximum absolute atomic E-state index is 12.2. The number of rotatable bonds is 3. The number of anilines is 1. The second-order valence-electron chi connectivity index (χ2n) is 4.22. The highest BCUT2D eigenvalue weighted by atomic mass is 16.1. The largest absolute Gasteiger partial charge is 0.370 e. The minimum Gasteiger partial charge on any atom is -0.370 e. The van der Waals surface area contributed by atoms with E-state index >= 15 is 0 Å². The first-order valence-electron chi connectivity index (χ1n) is 5.94. The van der Waals surface area contributed by atoms with Crippen molar-refractivity contribution < 1.29 is 4.79 Å². The van der Waals surface area contributed by atoms with Gasteiger partial charge >= 0.3 is 5.69 Å². The first-order chi connectivity index (χ1) is 9.51. The molecular formula is C13H15N5O2. The number of aryl methyl sites for hydroxylation is 1. The summed E-state index contributed by atoms with van der Waals surface area (Å²) in [4.78, 5) is 32.2. The van der Waals surface area contributed by atoms with Gasteiger partial charge in [0, 0.05) is 24.0 Å². The molecule has 0 saturated heterocycles. The lowest BCUT2D eigenvalue weighted by atomic mass is 10.1. The van der Waals surface area contributed by atoms with Crippen LogP contribution in [0, 0.1) is 6.92 Å². The van der Waals surface area contributed by atoms with E-state index in [0.29, 0.717) is 11.3 Å². The predicted molar refractivity (Wildman–Crippen MR) is 77.2 cm³/mol. The first-order valence-corrected chi connectivity index (χ1v) is 5.94. The number of benzene rings is 1. The molecule has 7 nitrogen and oxygen atoms in total. The van der Waals surface area contributed by atoms with Gasteiger partial charge in [-0.25, -0.2) is 4.79 Å². The molecule has 0 atom stereocenters. The second-order valence-corrected chi connectivity index (χ2v) is 4.22. The number of H-pyrrole nitrogens is 2. The van der Waals surface area contributed by atoms with Crippen LogP contribution in [0.3, 0.4) is 0 Å². The SMILES string of the molecule is CN=C(N)Nc1ccc(C(=O)c2[nH]c(=O)[nH]c2C)cc1. The number of guanidine groups is 1. The molecule has 1 aromatic carbocycles.